The van der Waals surface area contributed by atoms with Crippen molar-refractivity contribution in [2.24, 2.45) is 0 Å². The molecule has 0 unspecified atom stereocenters. The molecule has 1 aliphatic heterocycles. The van der Waals surface area contributed by atoms with Gasteiger partial charge >= 0.3 is 5.69 Å². The van der Waals surface area contributed by atoms with Crippen LogP contribution in [0.15, 0.2) is 27.9 Å². The lowest BCUT2D eigenvalue weighted by Gasteiger charge is -2.16. The van der Waals surface area contributed by atoms with Crippen molar-refractivity contribution in [2.45, 2.75) is 39.2 Å². The monoisotopic (exact) mass is 357 g/mol. The van der Waals surface area contributed by atoms with Crippen LogP contribution < -0.4 is 21.5 Å². The van der Waals surface area contributed by atoms with Crippen LogP contribution in [0, 0.1) is 6.92 Å². The van der Waals surface area contributed by atoms with Crippen LogP contribution in [0.5, 0.6) is 0 Å². The number of aryl methyl sites for hydroxylation is 1. The highest BCUT2D eigenvalue weighted by Gasteiger charge is 2.13. The van der Waals surface area contributed by atoms with Crippen molar-refractivity contribution in [3.05, 3.63) is 56.0 Å². The van der Waals surface area contributed by atoms with E-state index in [2.05, 4.69) is 25.2 Å². The molecule has 1 fully saturated rings. The molecule has 1 amide bonds. The minimum atomic E-state index is -0.537. The lowest BCUT2D eigenvalue weighted by Crippen LogP contribution is -2.29. The summed E-state index contributed by atoms with van der Waals surface area (Å²) in [5.41, 5.74) is 0.871. The van der Waals surface area contributed by atoms with Gasteiger partial charge < -0.3 is 15.2 Å². The molecule has 0 atom stereocenters. The maximum Gasteiger partial charge on any atom is 0.325 e. The molecule has 0 radical (unpaired) electrons. The Hall–Kier alpha value is -2.90. The van der Waals surface area contributed by atoms with Crippen molar-refractivity contribution in [2.75, 3.05) is 18.0 Å². The number of aromatic amines is 2. The molecule has 3 N–H and O–H groups in total. The summed E-state index contributed by atoms with van der Waals surface area (Å²) in [6, 6.07) is 3.95. The maximum atomic E-state index is 12.0. The van der Waals surface area contributed by atoms with E-state index < -0.39 is 11.2 Å². The molecule has 26 heavy (non-hydrogen) atoms. The van der Waals surface area contributed by atoms with Gasteiger partial charge in [0.15, 0.2) is 0 Å². The highest BCUT2D eigenvalue weighted by Crippen LogP contribution is 2.17. The van der Waals surface area contributed by atoms with Crippen LogP contribution in [-0.2, 0) is 17.8 Å². The standard InChI is InChI=1S/C18H23N5O3/c1-12-14(17(25)22-18(26)21-12)5-7-16(24)20-11-13-4-6-15(19-10-13)23-8-2-3-9-23/h4,6,10H,2-3,5,7-9,11H2,1H3,(H,20,24)(H2,21,22,25,26). The number of hydrogen-bond acceptors (Lipinski definition) is 5. The smallest absolute Gasteiger partial charge is 0.325 e. The van der Waals surface area contributed by atoms with Gasteiger partial charge in [0, 0.05) is 43.5 Å². The third-order valence-electron chi connectivity index (χ3n) is 4.59. The third-order valence-corrected chi connectivity index (χ3v) is 4.59. The number of rotatable bonds is 6. The first-order valence-corrected chi connectivity index (χ1v) is 8.81. The van der Waals surface area contributed by atoms with Crippen molar-refractivity contribution in [3.8, 4) is 0 Å². The Morgan fingerprint density at radius 1 is 1.23 bits per heavy atom. The fourth-order valence-corrected chi connectivity index (χ4v) is 3.11. The van der Waals surface area contributed by atoms with Crippen LogP contribution in [0.3, 0.4) is 0 Å². The predicted octanol–water partition coefficient (Wildman–Crippen LogP) is 0.616. The molecule has 8 heteroatoms. The molecule has 2 aromatic heterocycles. The molecule has 2 aromatic rings. The molecule has 0 saturated carbocycles. The van der Waals surface area contributed by atoms with E-state index in [-0.39, 0.29) is 18.7 Å². The van der Waals surface area contributed by atoms with Gasteiger partial charge in [-0.3, -0.25) is 14.6 Å². The second-order valence-electron chi connectivity index (χ2n) is 6.51. The van der Waals surface area contributed by atoms with Gasteiger partial charge in [-0.05, 0) is 37.8 Å². The van der Waals surface area contributed by atoms with E-state index in [1.807, 2.05) is 12.1 Å². The van der Waals surface area contributed by atoms with E-state index in [4.69, 9.17) is 0 Å². The average molecular weight is 357 g/mol. The summed E-state index contributed by atoms with van der Waals surface area (Å²) in [4.78, 5) is 46.4. The fraction of sp³-hybridized carbons (Fsp3) is 0.444. The number of anilines is 1. The molecule has 3 heterocycles. The first-order valence-electron chi connectivity index (χ1n) is 8.81. The molecule has 1 aliphatic rings. The van der Waals surface area contributed by atoms with E-state index in [0.29, 0.717) is 17.8 Å². The van der Waals surface area contributed by atoms with Gasteiger partial charge in [0.1, 0.15) is 5.82 Å². The SMILES string of the molecule is Cc1[nH]c(=O)[nH]c(=O)c1CCC(=O)NCc1ccc(N2CCCC2)nc1. The number of carbonyl (C=O) groups excluding carboxylic acids is 1. The Morgan fingerprint density at radius 3 is 2.65 bits per heavy atom. The van der Waals surface area contributed by atoms with E-state index in [9.17, 15) is 14.4 Å². The molecule has 0 aromatic carbocycles. The summed E-state index contributed by atoms with van der Waals surface area (Å²) in [5, 5.41) is 2.83. The predicted molar refractivity (Wildman–Crippen MR) is 98.3 cm³/mol. The van der Waals surface area contributed by atoms with Gasteiger partial charge in [0.25, 0.3) is 5.56 Å². The summed E-state index contributed by atoms with van der Waals surface area (Å²) >= 11 is 0. The molecular formula is C18H23N5O3. The Balaban J connectivity index is 1.50. The lowest BCUT2D eigenvalue weighted by atomic mass is 10.1. The van der Waals surface area contributed by atoms with Gasteiger partial charge in [-0.2, -0.15) is 0 Å². The minimum absolute atomic E-state index is 0.154. The zero-order chi connectivity index (χ0) is 18.5. The quantitative estimate of drug-likeness (QED) is 0.702. The van der Waals surface area contributed by atoms with Crippen molar-refractivity contribution in [1.29, 1.82) is 0 Å². The number of hydrogen-bond donors (Lipinski definition) is 3. The molecular weight excluding hydrogens is 334 g/mol. The first-order chi connectivity index (χ1) is 12.5. The van der Waals surface area contributed by atoms with Gasteiger partial charge in [0.05, 0.1) is 0 Å². The Morgan fingerprint density at radius 2 is 2.00 bits per heavy atom. The summed E-state index contributed by atoms with van der Waals surface area (Å²) in [7, 11) is 0. The Kier molecular flexibility index (Phi) is 5.50. The molecule has 0 bridgehead atoms. The fourth-order valence-electron chi connectivity index (χ4n) is 3.11. The van der Waals surface area contributed by atoms with Crippen LogP contribution in [0.25, 0.3) is 0 Å². The molecule has 138 valence electrons. The van der Waals surface area contributed by atoms with E-state index in [0.717, 1.165) is 24.5 Å². The number of H-pyrrole nitrogens is 2. The Bertz CT molecular complexity index is 879. The van der Waals surface area contributed by atoms with E-state index in [1.165, 1.54) is 12.8 Å². The van der Waals surface area contributed by atoms with Gasteiger partial charge in [-0.1, -0.05) is 6.07 Å². The second-order valence-corrected chi connectivity index (χ2v) is 6.51. The summed E-state index contributed by atoms with van der Waals surface area (Å²) in [5.74, 6) is 0.823. The van der Waals surface area contributed by atoms with Crippen LogP contribution in [0.1, 0.15) is 36.1 Å². The van der Waals surface area contributed by atoms with E-state index in [1.54, 1.807) is 13.1 Å². The lowest BCUT2D eigenvalue weighted by molar-refractivity contribution is -0.121. The van der Waals surface area contributed by atoms with Crippen molar-refractivity contribution in [3.63, 3.8) is 0 Å². The zero-order valence-corrected chi connectivity index (χ0v) is 14.8. The van der Waals surface area contributed by atoms with Gasteiger partial charge in [-0.15, -0.1) is 0 Å². The van der Waals surface area contributed by atoms with Crippen LogP contribution in [0.2, 0.25) is 0 Å². The van der Waals surface area contributed by atoms with Crippen LogP contribution in [-0.4, -0.2) is 33.9 Å². The van der Waals surface area contributed by atoms with Crippen molar-refractivity contribution < 1.29 is 4.79 Å². The third kappa shape index (κ3) is 4.38. The number of amides is 1. The molecule has 8 nitrogen and oxygen atoms in total. The van der Waals surface area contributed by atoms with Gasteiger partial charge in [-0.25, -0.2) is 9.78 Å². The number of pyridine rings is 1. The van der Waals surface area contributed by atoms with E-state index >= 15 is 0 Å². The highest BCUT2D eigenvalue weighted by molar-refractivity contribution is 5.76. The largest absolute Gasteiger partial charge is 0.357 e. The zero-order valence-electron chi connectivity index (χ0n) is 14.8. The molecule has 1 saturated heterocycles. The number of aromatic nitrogens is 3. The molecule has 3 rings (SSSR count). The summed E-state index contributed by atoms with van der Waals surface area (Å²) in [6.07, 6.45) is 4.64. The topological polar surface area (TPSA) is 111 Å². The van der Waals surface area contributed by atoms with Gasteiger partial charge in [0.2, 0.25) is 5.91 Å². The number of nitrogens with one attached hydrogen (secondary N) is 3. The Labute approximate surface area is 150 Å². The normalized spacial score (nSPS) is 13.8. The summed E-state index contributed by atoms with van der Waals surface area (Å²) < 4.78 is 0. The van der Waals surface area contributed by atoms with Crippen LogP contribution >= 0.6 is 0 Å². The average Bonchev–Trinajstić information content (AvgIpc) is 3.14. The van der Waals surface area contributed by atoms with Crippen LogP contribution in [0.4, 0.5) is 5.82 Å². The minimum Gasteiger partial charge on any atom is -0.357 e. The molecule has 0 aliphatic carbocycles. The number of carbonyl (C=O) groups is 1. The molecule has 0 spiro atoms. The second kappa shape index (κ2) is 7.99. The maximum absolute atomic E-state index is 12.0. The number of nitrogens with zero attached hydrogens (tertiary/aromatic N) is 2. The highest BCUT2D eigenvalue weighted by atomic mass is 16.2. The van der Waals surface area contributed by atoms with Crippen molar-refractivity contribution in [1.82, 2.24) is 20.3 Å². The first kappa shape index (κ1) is 17.9. The van der Waals surface area contributed by atoms with Crippen molar-refractivity contribution >= 4 is 11.7 Å². The summed E-state index contributed by atoms with van der Waals surface area (Å²) in [6.45, 7) is 4.14.